The number of ether oxygens (including phenoxy) is 2. The molecule has 2 rings (SSSR count). The molecule has 6 heteroatoms. The first-order valence-corrected chi connectivity index (χ1v) is 7.84. The molecule has 0 amide bonds. The van der Waals surface area contributed by atoms with Crippen molar-refractivity contribution in [1.82, 2.24) is 10.3 Å². The number of hydrogen-bond acceptors (Lipinski definition) is 5. The second kappa shape index (κ2) is 7.11. The van der Waals surface area contributed by atoms with Crippen LogP contribution < -0.4 is 14.8 Å². The number of likely N-dealkylation sites (N-methyl/N-ethyl adjacent to an activating group) is 1. The highest BCUT2D eigenvalue weighted by atomic mass is 35.5. The van der Waals surface area contributed by atoms with Crippen molar-refractivity contribution in [1.29, 1.82) is 0 Å². The molecule has 1 atom stereocenters. The molecule has 114 valence electrons. The van der Waals surface area contributed by atoms with Crippen molar-refractivity contribution in [2.75, 3.05) is 21.3 Å². The highest BCUT2D eigenvalue weighted by Crippen LogP contribution is 2.38. The normalized spacial score (nSPS) is 12.2. The van der Waals surface area contributed by atoms with Gasteiger partial charge in [0.25, 0.3) is 0 Å². The number of nitrogens with zero attached hydrogens (tertiary/aromatic N) is 1. The molecule has 1 aromatic heterocycles. The Morgan fingerprint density at radius 3 is 2.62 bits per heavy atom. The van der Waals surface area contributed by atoms with Crippen LogP contribution in [0.15, 0.2) is 17.5 Å². The van der Waals surface area contributed by atoms with Crippen molar-refractivity contribution in [2.45, 2.75) is 19.4 Å². The third-order valence-corrected chi connectivity index (χ3v) is 4.39. The van der Waals surface area contributed by atoms with Gasteiger partial charge in [0.1, 0.15) is 0 Å². The van der Waals surface area contributed by atoms with Crippen LogP contribution in [-0.4, -0.2) is 26.3 Å². The predicted octanol–water partition coefficient (Wildman–Crippen LogP) is 3.63. The third kappa shape index (κ3) is 3.67. The molecule has 0 saturated carbocycles. The average molecular weight is 327 g/mol. The minimum atomic E-state index is 0.115. The molecule has 2 aromatic rings. The van der Waals surface area contributed by atoms with Crippen molar-refractivity contribution >= 4 is 22.9 Å². The molecular formula is C15H19ClN2O2S. The Labute approximate surface area is 134 Å². The second-order valence-electron chi connectivity index (χ2n) is 4.64. The summed E-state index contributed by atoms with van der Waals surface area (Å²) >= 11 is 7.93. The molecule has 0 aliphatic heterocycles. The molecule has 0 aliphatic rings. The van der Waals surface area contributed by atoms with E-state index in [2.05, 4.69) is 15.7 Å². The lowest BCUT2D eigenvalue weighted by Gasteiger charge is -2.18. The smallest absolute Gasteiger partial charge is 0.179 e. The van der Waals surface area contributed by atoms with Crippen LogP contribution in [0.5, 0.6) is 11.5 Å². The maximum absolute atomic E-state index is 6.28. The van der Waals surface area contributed by atoms with Crippen molar-refractivity contribution in [3.63, 3.8) is 0 Å². The fourth-order valence-corrected chi connectivity index (χ4v) is 3.16. The zero-order chi connectivity index (χ0) is 15.4. The Bertz CT molecular complexity index is 616. The molecule has 1 N–H and O–H groups in total. The Hall–Kier alpha value is -1.30. The molecular weight excluding hydrogens is 308 g/mol. The lowest BCUT2D eigenvalue weighted by atomic mass is 10.0. The fourth-order valence-electron chi connectivity index (χ4n) is 2.24. The molecule has 0 spiro atoms. The minimum absolute atomic E-state index is 0.115. The van der Waals surface area contributed by atoms with Crippen molar-refractivity contribution in [3.05, 3.63) is 38.8 Å². The number of nitrogens with one attached hydrogen (secondary N) is 1. The average Bonchev–Trinajstić information content (AvgIpc) is 2.89. The quantitative estimate of drug-likeness (QED) is 0.880. The summed E-state index contributed by atoms with van der Waals surface area (Å²) in [6.45, 7) is 2.01. The summed E-state index contributed by atoms with van der Waals surface area (Å²) in [5.41, 5.74) is 2.12. The summed E-state index contributed by atoms with van der Waals surface area (Å²) in [6.07, 6.45) is 0.798. The zero-order valence-electron chi connectivity index (χ0n) is 12.6. The topological polar surface area (TPSA) is 43.4 Å². The molecule has 0 bridgehead atoms. The van der Waals surface area contributed by atoms with E-state index in [4.69, 9.17) is 21.1 Å². The van der Waals surface area contributed by atoms with E-state index in [0.29, 0.717) is 16.5 Å². The molecule has 21 heavy (non-hydrogen) atoms. The summed E-state index contributed by atoms with van der Waals surface area (Å²) in [5, 5.41) is 7.00. The SMILES string of the molecule is CNC(Cc1csc(C)n1)c1cc(Cl)c(OC)c(OC)c1. The Morgan fingerprint density at radius 1 is 1.33 bits per heavy atom. The summed E-state index contributed by atoms with van der Waals surface area (Å²) in [6, 6.07) is 3.97. The standard InChI is InChI=1S/C15H19ClN2O2S/c1-9-18-11(8-21-9)7-13(17-2)10-5-12(16)15(20-4)14(6-10)19-3/h5-6,8,13,17H,7H2,1-4H3. The van der Waals surface area contributed by atoms with Gasteiger partial charge in [-0.15, -0.1) is 11.3 Å². The molecule has 0 fully saturated rings. The van der Waals surface area contributed by atoms with Gasteiger partial charge in [0, 0.05) is 17.8 Å². The lowest BCUT2D eigenvalue weighted by Crippen LogP contribution is -2.19. The summed E-state index contributed by atoms with van der Waals surface area (Å²) in [7, 11) is 5.11. The number of methoxy groups -OCH3 is 2. The van der Waals surface area contributed by atoms with Gasteiger partial charge in [-0.3, -0.25) is 0 Å². The summed E-state index contributed by atoms with van der Waals surface area (Å²) < 4.78 is 10.6. The first-order valence-electron chi connectivity index (χ1n) is 6.58. The van der Waals surface area contributed by atoms with E-state index < -0.39 is 0 Å². The Kier molecular flexibility index (Phi) is 5.45. The van der Waals surface area contributed by atoms with E-state index in [1.54, 1.807) is 25.6 Å². The van der Waals surface area contributed by atoms with E-state index in [-0.39, 0.29) is 6.04 Å². The van der Waals surface area contributed by atoms with Gasteiger partial charge < -0.3 is 14.8 Å². The van der Waals surface area contributed by atoms with E-state index >= 15 is 0 Å². The number of rotatable bonds is 6. The number of halogens is 1. The number of benzene rings is 1. The van der Waals surface area contributed by atoms with Crippen LogP contribution in [0.25, 0.3) is 0 Å². The van der Waals surface area contributed by atoms with Gasteiger partial charge in [-0.05, 0) is 31.7 Å². The lowest BCUT2D eigenvalue weighted by molar-refractivity contribution is 0.354. The van der Waals surface area contributed by atoms with Crippen LogP contribution in [0.2, 0.25) is 5.02 Å². The van der Waals surface area contributed by atoms with E-state index in [0.717, 1.165) is 22.7 Å². The first kappa shape index (κ1) is 16.1. The summed E-state index contributed by atoms with van der Waals surface area (Å²) in [5.74, 6) is 1.19. The first-order chi connectivity index (χ1) is 10.1. The van der Waals surface area contributed by atoms with Crippen LogP contribution in [-0.2, 0) is 6.42 Å². The highest BCUT2D eigenvalue weighted by molar-refractivity contribution is 7.09. The Morgan fingerprint density at radius 2 is 2.10 bits per heavy atom. The number of aromatic nitrogens is 1. The third-order valence-electron chi connectivity index (χ3n) is 3.29. The maximum atomic E-state index is 6.28. The monoisotopic (exact) mass is 326 g/mol. The van der Waals surface area contributed by atoms with Gasteiger partial charge in [-0.2, -0.15) is 0 Å². The molecule has 4 nitrogen and oxygen atoms in total. The van der Waals surface area contributed by atoms with Crippen molar-refractivity contribution < 1.29 is 9.47 Å². The fraction of sp³-hybridized carbons (Fsp3) is 0.400. The Balaban J connectivity index is 2.31. The number of thiazole rings is 1. The predicted molar refractivity (Wildman–Crippen MR) is 86.9 cm³/mol. The second-order valence-corrected chi connectivity index (χ2v) is 6.11. The van der Waals surface area contributed by atoms with Crippen LogP contribution >= 0.6 is 22.9 Å². The molecule has 0 aliphatic carbocycles. The number of aryl methyl sites for hydroxylation is 1. The molecule has 0 radical (unpaired) electrons. The van der Waals surface area contributed by atoms with Crippen molar-refractivity contribution in [3.8, 4) is 11.5 Å². The van der Waals surface area contributed by atoms with Gasteiger partial charge in [-0.1, -0.05) is 11.6 Å². The largest absolute Gasteiger partial charge is 0.493 e. The van der Waals surface area contributed by atoms with Gasteiger partial charge >= 0.3 is 0 Å². The van der Waals surface area contributed by atoms with Crippen LogP contribution in [0.4, 0.5) is 0 Å². The zero-order valence-corrected chi connectivity index (χ0v) is 14.1. The van der Waals surface area contributed by atoms with Crippen LogP contribution in [0.3, 0.4) is 0 Å². The van der Waals surface area contributed by atoms with Gasteiger partial charge in [0.15, 0.2) is 11.5 Å². The molecule has 0 saturated heterocycles. The highest BCUT2D eigenvalue weighted by Gasteiger charge is 2.17. The molecule has 1 unspecified atom stereocenters. The molecule has 1 aromatic carbocycles. The minimum Gasteiger partial charge on any atom is -0.493 e. The van der Waals surface area contributed by atoms with E-state index in [1.165, 1.54) is 0 Å². The van der Waals surface area contributed by atoms with Crippen LogP contribution in [0, 0.1) is 6.92 Å². The van der Waals surface area contributed by atoms with E-state index in [9.17, 15) is 0 Å². The van der Waals surface area contributed by atoms with Gasteiger partial charge in [0.05, 0.1) is 29.9 Å². The summed E-state index contributed by atoms with van der Waals surface area (Å²) in [4.78, 5) is 4.51. The van der Waals surface area contributed by atoms with Gasteiger partial charge in [0.2, 0.25) is 0 Å². The van der Waals surface area contributed by atoms with Crippen LogP contribution in [0.1, 0.15) is 22.3 Å². The number of hydrogen-bond donors (Lipinski definition) is 1. The van der Waals surface area contributed by atoms with E-state index in [1.807, 2.05) is 26.1 Å². The molecule has 1 heterocycles. The van der Waals surface area contributed by atoms with Gasteiger partial charge in [-0.25, -0.2) is 4.98 Å². The maximum Gasteiger partial charge on any atom is 0.179 e. The van der Waals surface area contributed by atoms with Crippen molar-refractivity contribution in [2.24, 2.45) is 0 Å².